The minimum atomic E-state index is 0.685. The molecule has 2 heterocycles. The van der Waals surface area contributed by atoms with Crippen molar-refractivity contribution in [2.45, 2.75) is 38.1 Å². The first kappa shape index (κ1) is 13.1. The van der Waals surface area contributed by atoms with Crippen LogP contribution in [0.15, 0.2) is 18.2 Å². The van der Waals surface area contributed by atoms with Gasteiger partial charge >= 0.3 is 0 Å². The summed E-state index contributed by atoms with van der Waals surface area (Å²) in [5, 5.41) is 0. The van der Waals surface area contributed by atoms with Crippen LogP contribution in [-0.2, 0) is 6.54 Å². The van der Waals surface area contributed by atoms with Crippen LogP contribution in [-0.4, -0.2) is 34.6 Å². The predicted molar refractivity (Wildman–Crippen MR) is 86.3 cm³/mol. The number of nitrogens with two attached hydrogens (primary N) is 1. The van der Waals surface area contributed by atoms with E-state index in [-0.39, 0.29) is 0 Å². The van der Waals surface area contributed by atoms with Gasteiger partial charge in [0.25, 0.3) is 0 Å². The molecule has 1 aromatic carbocycles. The van der Waals surface area contributed by atoms with E-state index in [1.54, 1.807) is 0 Å². The molecule has 0 amide bonds. The monoisotopic (exact) mass is 284 g/mol. The number of nitrogens with zero attached hydrogens (tertiary/aromatic N) is 3. The maximum Gasteiger partial charge on any atom is 0.113 e. The Kier molecular flexibility index (Phi) is 3.14. The van der Waals surface area contributed by atoms with Gasteiger partial charge in [0, 0.05) is 18.2 Å². The molecule has 0 atom stereocenters. The van der Waals surface area contributed by atoms with Crippen molar-refractivity contribution in [1.82, 2.24) is 14.5 Å². The molecule has 21 heavy (non-hydrogen) atoms. The molecule has 0 bridgehead atoms. The highest BCUT2D eigenvalue weighted by molar-refractivity contribution is 5.79. The molecule has 4 heteroatoms. The summed E-state index contributed by atoms with van der Waals surface area (Å²) in [4.78, 5) is 7.32. The third-order valence-corrected chi connectivity index (χ3v) is 5.02. The van der Waals surface area contributed by atoms with Gasteiger partial charge in [0.15, 0.2) is 0 Å². The van der Waals surface area contributed by atoms with Gasteiger partial charge in [0.05, 0.1) is 11.0 Å². The van der Waals surface area contributed by atoms with E-state index in [2.05, 4.69) is 22.6 Å². The van der Waals surface area contributed by atoms with Gasteiger partial charge in [-0.15, -0.1) is 0 Å². The van der Waals surface area contributed by atoms with Crippen LogP contribution in [0.25, 0.3) is 11.0 Å². The maximum absolute atomic E-state index is 5.92. The molecule has 4 rings (SSSR count). The Hall–Kier alpha value is -1.55. The molecule has 2 N–H and O–H groups in total. The van der Waals surface area contributed by atoms with E-state index in [1.165, 1.54) is 50.1 Å². The van der Waals surface area contributed by atoms with Gasteiger partial charge in [-0.2, -0.15) is 0 Å². The molecule has 112 valence electrons. The van der Waals surface area contributed by atoms with Crippen molar-refractivity contribution in [3.05, 3.63) is 24.0 Å². The quantitative estimate of drug-likeness (QED) is 0.882. The van der Waals surface area contributed by atoms with Gasteiger partial charge in [-0.1, -0.05) is 0 Å². The van der Waals surface area contributed by atoms with Crippen molar-refractivity contribution < 1.29 is 0 Å². The fraction of sp³-hybridized carbons (Fsp3) is 0.588. The zero-order chi connectivity index (χ0) is 14.4. The molecule has 0 spiro atoms. The van der Waals surface area contributed by atoms with Gasteiger partial charge in [0.1, 0.15) is 5.82 Å². The lowest BCUT2D eigenvalue weighted by Gasteiger charge is -2.29. The van der Waals surface area contributed by atoms with Gasteiger partial charge in [-0.05, 0) is 69.9 Å². The third-order valence-electron chi connectivity index (χ3n) is 5.02. The molecule has 1 saturated carbocycles. The standard InChI is InChI=1S/C17H24N4/c1-20-8-6-12(7-9-20)11-21-16-5-4-14(18)10-15(16)19-17(21)13-2-3-13/h4-5,10,12-13H,2-3,6-9,11,18H2,1H3. The maximum atomic E-state index is 5.92. The molecule has 0 unspecified atom stereocenters. The predicted octanol–water partition coefficient (Wildman–Crippen LogP) is 2.84. The molecular formula is C17H24N4. The number of aromatic nitrogens is 2. The van der Waals surface area contributed by atoms with Crippen LogP contribution >= 0.6 is 0 Å². The first-order valence-electron chi connectivity index (χ1n) is 8.15. The van der Waals surface area contributed by atoms with Crippen LogP contribution in [0.5, 0.6) is 0 Å². The SMILES string of the molecule is CN1CCC(Cn2c(C3CC3)nc3cc(N)ccc32)CC1. The smallest absolute Gasteiger partial charge is 0.113 e. The second kappa shape index (κ2) is 5.02. The molecule has 4 nitrogen and oxygen atoms in total. The zero-order valence-corrected chi connectivity index (χ0v) is 12.8. The highest BCUT2D eigenvalue weighted by Gasteiger charge is 2.30. The number of likely N-dealkylation sites (tertiary alicyclic amines) is 1. The van der Waals surface area contributed by atoms with Crippen molar-refractivity contribution in [2.75, 3.05) is 25.9 Å². The number of rotatable bonds is 3. The highest BCUT2D eigenvalue weighted by atomic mass is 15.1. The Balaban J connectivity index is 1.67. The summed E-state index contributed by atoms with van der Waals surface area (Å²) >= 11 is 0. The average molecular weight is 284 g/mol. The molecule has 0 radical (unpaired) electrons. The number of piperidine rings is 1. The summed E-state index contributed by atoms with van der Waals surface area (Å²) in [5.41, 5.74) is 9.08. The van der Waals surface area contributed by atoms with Crippen LogP contribution in [0.1, 0.15) is 37.4 Å². The number of hydrogen-bond acceptors (Lipinski definition) is 3. The summed E-state index contributed by atoms with van der Waals surface area (Å²) < 4.78 is 2.49. The summed E-state index contributed by atoms with van der Waals surface area (Å²) in [6.07, 6.45) is 5.20. The lowest BCUT2D eigenvalue weighted by molar-refractivity contribution is 0.205. The highest BCUT2D eigenvalue weighted by Crippen LogP contribution is 2.41. The number of nitrogen functional groups attached to an aromatic ring is 1. The number of anilines is 1. The first-order valence-corrected chi connectivity index (χ1v) is 8.15. The zero-order valence-electron chi connectivity index (χ0n) is 12.8. The first-order chi connectivity index (χ1) is 10.2. The largest absolute Gasteiger partial charge is 0.399 e. The van der Waals surface area contributed by atoms with E-state index in [9.17, 15) is 0 Å². The molecule has 2 fully saturated rings. The Labute approximate surface area is 125 Å². The third kappa shape index (κ3) is 2.53. The van der Waals surface area contributed by atoms with Gasteiger partial charge < -0.3 is 15.2 Å². The fourth-order valence-electron chi connectivity index (χ4n) is 3.51. The summed E-state index contributed by atoms with van der Waals surface area (Å²) in [6, 6.07) is 6.18. The second-order valence-corrected chi connectivity index (χ2v) is 6.85. The molecule has 1 aliphatic carbocycles. The van der Waals surface area contributed by atoms with Crippen molar-refractivity contribution in [3.8, 4) is 0 Å². The van der Waals surface area contributed by atoms with Crippen molar-refractivity contribution in [2.24, 2.45) is 5.92 Å². The lowest BCUT2D eigenvalue weighted by atomic mass is 9.97. The Morgan fingerprint density at radius 2 is 1.95 bits per heavy atom. The Bertz CT molecular complexity index is 648. The summed E-state index contributed by atoms with van der Waals surface area (Å²) in [5.74, 6) is 2.77. The van der Waals surface area contributed by atoms with Crippen molar-refractivity contribution in [3.63, 3.8) is 0 Å². The minimum Gasteiger partial charge on any atom is -0.399 e. The van der Waals surface area contributed by atoms with Crippen LogP contribution < -0.4 is 5.73 Å². The molecule has 1 saturated heterocycles. The number of benzene rings is 1. The summed E-state index contributed by atoms with van der Waals surface area (Å²) in [7, 11) is 2.22. The van der Waals surface area contributed by atoms with Gasteiger partial charge in [-0.3, -0.25) is 0 Å². The van der Waals surface area contributed by atoms with Crippen molar-refractivity contribution >= 4 is 16.7 Å². The van der Waals surface area contributed by atoms with E-state index in [0.29, 0.717) is 5.92 Å². The molecule has 2 aromatic rings. The molecule has 2 aliphatic rings. The number of imidazole rings is 1. The molecule has 1 aromatic heterocycles. The molecular weight excluding hydrogens is 260 g/mol. The number of hydrogen-bond donors (Lipinski definition) is 1. The van der Waals surface area contributed by atoms with Crippen LogP contribution in [0, 0.1) is 5.92 Å². The number of fused-ring (bicyclic) bond motifs is 1. The topological polar surface area (TPSA) is 47.1 Å². The van der Waals surface area contributed by atoms with Crippen LogP contribution in [0.2, 0.25) is 0 Å². The van der Waals surface area contributed by atoms with E-state index < -0.39 is 0 Å². The van der Waals surface area contributed by atoms with E-state index >= 15 is 0 Å². The van der Waals surface area contributed by atoms with Gasteiger partial charge in [-0.25, -0.2) is 4.98 Å². The molecule has 1 aliphatic heterocycles. The van der Waals surface area contributed by atoms with Crippen LogP contribution in [0.4, 0.5) is 5.69 Å². The van der Waals surface area contributed by atoms with E-state index in [0.717, 1.165) is 23.7 Å². The Morgan fingerprint density at radius 1 is 1.19 bits per heavy atom. The normalized spacial score (nSPS) is 21.2. The summed E-state index contributed by atoms with van der Waals surface area (Å²) in [6.45, 7) is 3.58. The second-order valence-electron chi connectivity index (χ2n) is 6.85. The van der Waals surface area contributed by atoms with Gasteiger partial charge in [0.2, 0.25) is 0 Å². The minimum absolute atomic E-state index is 0.685. The van der Waals surface area contributed by atoms with Crippen molar-refractivity contribution in [1.29, 1.82) is 0 Å². The van der Waals surface area contributed by atoms with E-state index in [1.807, 2.05) is 12.1 Å². The fourth-order valence-corrected chi connectivity index (χ4v) is 3.51. The van der Waals surface area contributed by atoms with Crippen LogP contribution in [0.3, 0.4) is 0 Å². The Morgan fingerprint density at radius 3 is 2.67 bits per heavy atom. The lowest BCUT2D eigenvalue weighted by Crippen LogP contribution is -2.32. The average Bonchev–Trinajstić information content (AvgIpc) is 3.25. The van der Waals surface area contributed by atoms with E-state index in [4.69, 9.17) is 10.7 Å².